The van der Waals surface area contributed by atoms with Crippen LogP contribution < -0.4 is 30.0 Å². The molecule has 8 bridgehead atoms. The third kappa shape index (κ3) is 15.8. The third-order valence-corrected chi connectivity index (χ3v) is 15.6. The number of carbonyl (C=O) groups excluding carboxylic acids is 3. The number of hydrogen-bond donors (Lipinski definition) is 1. The van der Waals surface area contributed by atoms with Crippen molar-refractivity contribution in [3.63, 3.8) is 0 Å². The van der Waals surface area contributed by atoms with Crippen LogP contribution in [-0.4, -0.2) is 61.7 Å². The summed E-state index contributed by atoms with van der Waals surface area (Å²) >= 11 is 0. The largest absolute Gasteiger partial charge is 2.00 e. The number of amides is 1. The SMILES string of the molecule is C=CC1=C(C)c2cc3[n-]c(c(CC(=O)OC)c4[nH+]c(cc5[n-]c(cc1[nH+]2)c(C)c5CC)C(C)=C4C(=O)NCc1ccc(OC)cc1)C(CCC(=O)OCC=C(C)CCCC(C)CCCC(C)CCCC(C)C)C3C.[Mg+2]. The summed E-state index contributed by atoms with van der Waals surface area (Å²) in [6.07, 6.45) is 16.2. The number of fused-ring (bicyclic) bond motifs is 8. The van der Waals surface area contributed by atoms with Crippen LogP contribution in [0.1, 0.15) is 201 Å². The number of methoxy groups -OCH3 is 2. The van der Waals surface area contributed by atoms with Crippen molar-refractivity contribution in [3.05, 3.63) is 123 Å². The Kier molecular flexibility index (Phi) is 23.0. The van der Waals surface area contributed by atoms with Crippen molar-refractivity contribution >= 4 is 74.2 Å². The van der Waals surface area contributed by atoms with Gasteiger partial charge in [-0.05, 0) is 125 Å². The fourth-order valence-corrected chi connectivity index (χ4v) is 10.8. The van der Waals surface area contributed by atoms with Crippen LogP contribution in [0.5, 0.6) is 5.75 Å². The molecule has 3 aliphatic heterocycles. The van der Waals surface area contributed by atoms with Gasteiger partial charge in [0, 0.05) is 29.7 Å². The predicted octanol–water partition coefficient (Wildman–Crippen LogP) is 12.3. The molecule has 0 spiro atoms. The first-order valence-corrected chi connectivity index (χ1v) is 27.4. The number of ether oxygens (including phenoxy) is 3. The molecular formula is C63H85MgN5O6+2. The molecule has 0 saturated heterocycles. The van der Waals surface area contributed by atoms with E-state index in [1.165, 1.54) is 57.6 Å². The van der Waals surface area contributed by atoms with Gasteiger partial charge in [-0.15, -0.1) is 22.4 Å². The van der Waals surface area contributed by atoms with E-state index in [-0.39, 0.29) is 72.8 Å². The average molecular weight is 1030 g/mol. The first-order chi connectivity index (χ1) is 35.5. The van der Waals surface area contributed by atoms with Crippen molar-refractivity contribution in [1.82, 2.24) is 15.3 Å². The summed E-state index contributed by atoms with van der Waals surface area (Å²) < 4.78 is 16.6. The van der Waals surface area contributed by atoms with Gasteiger partial charge >= 0.3 is 35.0 Å². The molecule has 12 heteroatoms. The van der Waals surface area contributed by atoms with E-state index in [1.807, 2.05) is 49.4 Å². The van der Waals surface area contributed by atoms with Crippen molar-refractivity contribution in [2.24, 2.45) is 17.8 Å². The van der Waals surface area contributed by atoms with Crippen molar-refractivity contribution in [3.8, 4) is 5.75 Å². The van der Waals surface area contributed by atoms with E-state index in [4.69, 9.17) is 24.2 Å². The summed E-state index contributed by atoms with van der Waals surface area (Å²) in [5.41, 5.74) is 13.8. The minimum absolute atomic E-state index is 0. The number of benzene rings is 1. The summed E-state index contributed by atoms with van der Waals surface area (Å²) in [6, 6.07) is 13.7. The van der Waals surface area contributed by atoms with Crippen LogP contribution >= 0.6 is 0 Å². The van der Waals surface area contributed by atoms with Crippen LogP contribution in [0.2, 0.25) is 0 Å². The number of nitrogens with one attached hydrogen (secondary N) is 3. The van der Waals surface area contributed by atoms with Gasteiger partial charge in [0.05, 0.1) is 26.2 Å². The molecule has 11 nitrogen and oxygen atoms in total. The Morgan fingerprint density at radius 1 is 0.800 bits per heavy atom. The van der Waals surface area contributed by atoms with E-state index < -0.39 is 5.97 Å². The van der Waals surface area contributed by atoms with Gasteiger partial charge in [0.2, 0.25) is 22.8 Å². The van der Waals surface area contributed by atoms with E-state index >= 15 is 0 Å². The summed E-state index contributed by atoms with van der Waals surface area (Å²) in [5.74, 6) is 1.40. The molecule has 3 N–H and O–H groups in total. The molecule has 3 aliphatic rings. The number of aryl methyl sites for hydroxylation is 2. The van der Waals surface area contributed by atoms with Gasteiger partial charge in [-0.2, -0.15) is 0 Å². The van der Waals surface area contributed by atoms with E-state index in [1.54, 1.807) is 7.11 Å². The molecule has 0 aliphatic carbocycles. The first-order valence-electron chi connectivity index (χ1n) is 27.4. The smallest absolute Gasteiger partial charge is 0.664 e. The minimum Gasteiger partial charge on any atom is -0.664 e. The van der Waals surface area contributed by atoms with Gasteiger partial charge in [0.1, 0.15) is 17.9 Å². The summed E-state index contributed by atoms with van der Waals surface area (Å²) in [4.78, 5) is 59.9. The molecule has 0 fully saturated rings. The number of esters is 2. The molecule has 5 heterocycles. The number of rotatable bonds is 25. The van der Waals surface area contributed by atoms with Gasteiger partial charge in [-0.25, -0.2) is 9.97 Å². The molecule has 1 aromatic carbocycles. The van der Waals surface area contributed by atoms with Gasteiger partial charge < -0.3 is 29.5 Å². The predicted molar refractivity (Wildman–Crippen MR) is 303 cm³/mol. The fraction of sp³-hybridized carbons (Fsp3) is 0.508. The Bertz CT molecular complexity index is 2810. The number of carbonyl (C=O) groups is 3. The molecule has 1 amide bonds. The molecular weight excluding hydrogens is 947 g/mol. The number of H-pyrrole nitrogens is 2. The third-order valence-electron chi connectivity index (χ3n) is 15.6. The molecule has 4 atom stereocenters. The Labute approximate surface area is 464 Å². The number of hydrogen-bond acceptors (Lipinski definition) is 6. The molecule has 398 valence electrons. The molecule has 4 unspecified atom stereocenters. The second-order valence-electron chi connectivity index (χ2n) is 21.6. The standard InChI is InChI=1S/C63H84N5O6.Mg/c1-14-48-42(8)52-34-54-44(10)50(29-30-58(69)74-32-31-41(7)24-18-23-40(6)22-17-21-39(5)20-16-19-38(3)4)61(67-54)51(33-59(70)73-13)62-60(63(71)64-37-46-25-27-47(72-12)28-26-46)45(11)55(68-62)36-57-49(15-2)43(9)53(66-57)35-56(48)65-52;/h14,25-28,31,34-36,38-40,44,50H,1,15-24,29-30,32-33,37H2,2-13H3,(H2-,64,65,66,67,68,71);/q-1;+2/p+1. The van der Waals surface area contributed by atoms with Crippen molar-refractivity contribution < 1.29 is 38.6 Å². The van der Waals surface area contributed by atoms with Crippen LogP contribution in [0.3, 0.4) is 0 Å². The second-order valence-corrected chi connectivity index (χ2v) is 21.6. The van der Waals surface area contributed by atoms with Gasteiger partial charge in [-0.1, -0.05) is 128 Å². The molecule has 3 aromatic rings. The Morgan fingerprint density at radius 2 is 1.45 bits per heavy atom. The van der Waals surface area contributed by atoms with Crippen LogP contribution in [0.4, 0.5) is 0 Å². The van der Waals surface area contributed by atoms with Crippen LogP contribution in [-0.2, 0) is 43.2 Å². The van der Waals surface area contributed by atoms with Crippen molar-refractivity contribution in [2.75, 3.05) is 20.8 Å². The normalized spacial score (nSPS) is 15.8. The monoisotopic (exact) mass is 1030 g/mol. The Morgan fingerprint density at radius 3 is 2.09 bits per heavy atom. The quantitative estimate of drug-likeness (QED) is 0.0501. The number of aromatic nitrogens is 4. The van der Waals surface area contributed by atoms with E-state index in [2.05, 4.69) is 96.3 Å². The van der Waals surface area contributed by atoms with Gasteiger partial charge in [0.25, 0.3) is 5.91 Å². The molecule has 75 heavy (non-hydrogen) atoms. The zero-order valence-electron chi connectivity index (χ0n) is 47.4. The van der Waals surface area contributed by atoms with Crippen LogP contribution in [0.25, 0.3) is 33.3 Å². The van der Waals surface area contributed by atoms with Crippen LogP contribution in [0, 0.1) is 24.7 Å². The van der Waals surface area contributed by atoms with Crippen molar-refractivity contribution in [1.29, 1.82) is 0 Å². The van der Waals surface area contributed by atoms with E-state index in [0.29, 0.717) is 46.1 Å². The fourth-order valence-electron chi connectivity index (χ4n) is 10.8. The Balaban J connectivity index is 0.0000104. The first kappa shape index (κ1) is 60.4. The summed E-state index contributed by atoms with van der Waals surface area (Å²) in [6.45, 7) is 26.5. The van der Waals surface area contributed by atoms with Crippen molar-refractivity contribution in [2.45, 2.75) is 171 Å². The topological polar surface area (TPSA) is 147 Å². The maximum Gasteiger partial charge on any atom is 2.00 e. The maximum atomic E-state index is 14.7. The minimum atomic E-state index is -0.487. The zero-order valence-corrected chi connectivity index (χ0v) is 48.9. The van der Waals surface area contributed by atoms with Gasteiger partial charge in [-0.3, -0.25) is 14.4 Å². The van der Waals surface area contributed by atoms with E-state index in [9.17, 15) is 14.4 Å². The molecule has 6 rings (SSSR count). The summed E-state index contributed by atoms with van der Waals surface area (Å²) in [7, 11) is 2.98. The zero-order chi connectivity index (χ0) is 53.6. The molecule has 0 saturated carbocycles. The molecule has 2 aromatic heterocycles. The number of nitrogens with zero attached hydrogens (tertiary/aromatic N) is 2. The average Bonchev–Trinajstić information content (AvgIpc) is 4.06. The Hall–Kier alpha value is -5.46. The van der Waals surface area contributed by atoms with Gasteiger partial charge in [0.15, 0.2) is 0 Å². The summed E-state index contributed by atoms with van der Waals surface area (Å²) in [5, 5.41) is 3.15. The number of allylic oxidation sites excluding steroid dienone is 5. The van der Waals surface area contributed by atoms with E-state index in [0.717, 1.165) is 92.8 Å². The number of aromatic amines is 2. The van der Waals surface area contributed by atoms with Crippen LogP contribution in [0.15, 0.2) is 66.8 Å². The molecule has 0 radical (unpaired) electrons. The maximum absolute atomic E-state index is 14.7. The second kappa shape index (κ2) is 28.6.